The lowest BCUT2D eigenvalue weighted by atomic mass is 10.1. The summed E-state index contributed by atoms with van der Waals surface area (Å²) in [5, 5.41) is 4.11. The quantitative estimate of drug-likeness (QED) is 0.783. The fourth-order valence-electron chi connectivity index (χ4n) is 3.19. The van der Waals surface area contributed by atoms with Gasteiger partial charge in [-0.15, -0.1) is 24.8 Å². The zero-order valence-electron chi connectivity index (χ0n) is 14.6. The van der Waals surface area contributed by atoms with Crippen molar-refractivity contribution in [3.63, 3.8) is 0 Å². The minimum absolute atomic E-state index is 0. The van der Waals surface area contributed by atoms with Crippen molar-refractivity contribution in [2.24, 2.45) is 5.92 Å². The van der Waals surface area contributed by atoms with E-state index >= 15 is 0 Å². The molecule has 3 rings (SSSR count). The van der Waals surface area contributed by atoms with Crippen LogP contribution in [0.1, 0.15) is 31.4 Å². The maximum Gasteiger partial charge on any atom is 0.236 e. The van der Waals surface area contributed by atoms with Gasteiger partial charge in [0.2, 0.25) is 5.91 Å². The third-order valence-electron chi connectivity index (χ3n) is 4.98. The molecule has 1 N–H and O–H groups in total. The van der Waals surface area contributed by atoms with Crippen LogP contribution in [0, 0.1) is 5.92 Å². The highest BCUT2D eigenvalue weighted by Crippen LogP contribution is 2.28. The summed E-state index contributed by atoms with van der Waals surface area (Å²) in [6.07, 6.45) is 2.64. The van der Waals surface area contributed by atoms with Gasteiger partial charge in [-0.3, -0.25) is 9.69 Å². The van der Waals surface area contributed by atoms with Crippen LogP contribution in [0.15, 0.2) is 24.3 Å². The molecule has 1 aromatic carbocycles. The number of carbonyl (C=O) groups is 1. The lowest BCUT2D eigenvalue weighted by Crippen LogP contribution is -2.51. The Hall–Kier alpha value is -0.520. The number of halogens is 3. The first-order chi connectivity index (χ1) is 11.1. The topological polar surface area (TPSA) is 35.6 Å². The van der Waals surface area contributed by atoms with E-state index in [1.165, 1.54) is 18.4 Å². The SMILES string of the molecule is CC(c1ccccc1Cl)N1CCN(C(=O)CNCC2CC2)CC1.Cl.Cl. The van der Waals surface area contributed by atoms with Crippen molar-refractivity contribution in [3.8, 4) is 0 Å². The minimum atomic E-state index is 0. The fourth-order valence-corrected chi connectivity index (χ4v) is 3.48. The van der Waals surface area contributed by atoms with Crippen LogP contribution in [-0.2, 0) is 4.79 Å². The van der Waals surface area contributed by atoms with Crippen LogP contribution >= 0.6 is 36.4 Å². The highest BCUT2D eigenvalue weighted by atomic mass is 35.5. The monoisotopic (exact) mass is 407 g/mol. The summed E-state index contributed by atoms with van der Waals surface area (Å²) >= 11 is 6.31. The first-order valence-corrected chi connectivity index (χ1v) is 9.00. The third kappa shape index (κ3) is 6.30. The predicted molar refractivity (Wildman–Crippen MR) is 108 cm³/mol. The second-order valence-electron chi connectivity index (χ2n) is 6.69. The molecule has 1 unspecified atom stereocenters. The summed E-state index contributed by atoms with van der Waals surface area (Å²) < 4.78 is 0. The molecule has 1 aliphatic heterocycles. The van der Waals surface area contributed by atoms with Gasteiger partial charge in [0.15, 0.2) is 0 Å². The van der Waals surface area contributed by atoms with Crippen molar-refractivity contribution in [2.75, 3.05) is 39.3 Å². The van der Waals surface area contributed by atoms with Crippen molar-refractivity contribution < 1.29 is 4.79 Å². The van der Waals surface area contributed by atoms with E-state index in [0.29, 0.717) is 6.54 Å². The molecule has 2 aliphatic rings. The van der Waals surface area contributed by atoms with E-state index < -0.39 is 0 Å². The van der Waals surface area contributed by atoms with Crippen LogP contribution in [0.2, 0.25) is 5.02 Å². The van der Waals surface area contributed by atoms with Crippen LogP contribution in [0.4, 0.5) is 0 Å². The fraction of sp³-hybridized carbons (Fsp3) is 0.611. The second kappa shape index (κ2) is 10.6. The van der Waals surface area contributed by atoms with E-state index in [1.807, 2.05) is 23.1 Å². The predicted octanol–water partition coefficient (Wildman–Crippen LogP) is 3.39. The molecule has 7 heteroatoms. The van der Waals surface area contributed by atoms with Crippen molar-refractivity contribution in [3.05, 3.63) is 34.9 Å². The standard InChI is InChI=1S/C18H26ClN3O.2ClH/c1-14(16-4-2-3-5-17(16)19)21-8-10-22(11-9-21)18(23)13-20-12-15-6-7-15;;/h2-5,14-15,20H,6-13H2,1H3;2*1H. The van der Waals surface area contributed by atoms with Crippen LogP contribution in [-0.4, -0.2) is 55.0 Å². The number of carbonyl (C=O) groups excluding carboxylic acids is 1. The Balaban J connectivity index is 0.00000156. The Kier molecular flexibility index (Phi) is 9.54. The number of hydrogen-bond donors (Lipinski definition) is 1. The van der Waals surface area contributed by atoms with E-state index in [1.54, 1.807) is 0 Å². The molecule has 1 aliphatic carbocycles. The molecule has 4 nitrogen and oxygen atoms in total. The molecular formula is C18H28Cl3N3O. The number of nitrogens with zero attached hydrogens (tertiary/aromatic N) is 2. The van der Waals surface area contributed by atoms with Gasteiger partial charge in [0.1, 0.15) is 0 Å². The van der Waals surface area contributed by atoms with Gasteiger partial charge in [-0.2, -0.15) is 0 Å². The Bertz CT molecular complexity index is 546. The smallest absolute Gasteiger partial charge is 0.236 e. The molecule has 0 aromatic heterocycles. The van der Waals surface area contributed by atoms with Gasteiger partial charge < -0.3 is 10.2 Å². The molecule has 1 saturated carbocycles. The van der Waals surface area contributed by atoms with E-state index in [0.717, 1.165) is 43.7 Å². The molecule has 1 atom stereocenters. The maximum absolute atomic E-state index is 12.2. The summed E-state index contributed by atoms with van der Waals surface area (Å²) in [4.78, 5) is 16.6. The Labute approximate surface area is 168 Å². The van der Waals surface area contributed by atoms with E-state index in [9.17, 15) is 4.79 Å². The highest BCUT2D eigenvalue weighted by Gasteiger charge is 2.26. The van der Waals surface area contributed by atoms with Crippen LogP contribution < -0.4 is 5.32 Å². The number of piperazine rings is 1. The van der Waals surface area contributed by atoms with Gasteiger partial charge in [-0.05, 0) is 43.9 Å². The van der Waals surface area contributed by atoms with Crippen molar-refractivity contribution >= 4 is 42.3 Å². The average Bonchev–Trinajstić information content (AvgIpc) is 3.39. The van der Waals surface area contributed by atoms with Crippen LogP contribution in [0.25, 0.3) is 0 Å². The number of benzene rings is 1. The zero-order chi connectivity index (χ0) is 16.2. The molecular weight excluding hydrogens is 381 g/mol. The third-order valence-corrected chi connectivity index (χ3v) is 5.32. The highest BCUT2D eigenvalue weighted by molar-refractivity contribution is 6.31. The lowest BCUT2D eigenvalue weighted by molar-refractivity contribution is -0.132. The number of rotatable bonds is 6. The van der Waals surface area contributed by atoms with E-state index in [2.05, 4.69) is 23.2 Å². The number of hydrogen-bond acceptors (Lipinski definition) is 3. The van der Waals surface area contributed by atoms with Crippen molar-refractivity contribution in [1.29, 1.82) is 0 Å². The van der Waals surface area contributed by atoms with Gasteiger partial charge in [-0.25, -0.2) is 0 Å². The molecule has 0 radical (unpaired) electrons. The van der Waals surface area contributed by atoms with Gasteiger partial charge in [0.05, 0.1) is 6.54 Å². The first-order valence-electron chi connectivity index (χ1n) is 8.62. The van der Waals surface area contributed by atoms with Gasteiger partial charge >= 0.3 is 0 Å². The Morgan fingerprint density at radius 2 is 1.84 bits per heavy atom. The Morgan fingerprint density at radius 1 is 1.20 bits per heavy atom. The number of amides is 1. The van der Waals surface area contributed by atoms with Gasteiger partial charge in [0, 0.05) is 37.2 Å². The van der Waals surface area contributed by atoms with Crippen LogP contribution in [0.5, 0.6) is 0 Å². The lowest BCUT2D eigenvalue weighted by Gasteiger charge is -2.38. The molecule has 1 amide bonds. The molecule has 1 heterocycles. The second-order valence-corrected chi connectivity index (χ2v) is 7.10. The van der Waals surface area contributed by atoms with E-state index in [4.69, 9.17) is 11.6 Å². The summed E-state index contributed by atoms with van der Waals surface area (Å²) in [7, 11) is 0. The molecule has 1 aromatic rings. The number of nitrogens with one attached hydrogen (secondary N) is 1. The van der Waals surface area contributed by atoms with Crippen LogP contribution in [0.3, 0.4) is 0 Å². The molecule has 0 spiro atoms. The average molecular weight is 409 g/mol. The maximum atomic E-state index is 12.2. The summed E-state index contributed by atoms with van der Waals surface area (Å²) in [6.45, 7) is 7.08. The van der Waals surface area contributed by atoms with Crippen molar-refractivity contribution in [2.45, 2.75) is 25.8 Å². The molecule has 142 valence electrons. The largest absolute Gasteiger partial charge is 0.339 e. The normalized spacial score (nSPS) is 18.9. The summed E-state index contributed by atoms with van der Waals surface area (Å²) in [5.74, 6) is 1.05. The zero-order valence-corrected chi connectivity index (χ0v) is 17.0. The van der Waals surface area contributed by atoms with Gasteiger partial charge in [0.25, 0.3) is 0 Å². The van der Waals surface area contributed by atoms with E-state index in [-0.39, 0.29) is 36.8 Å². The van der Waals surface area contributed by atoms with Crippen molar-refractivity contribution in [1.82, 2.24) is 15.1 Å². The Morgan fingerprint density at radius 3 is 2.44 bits per heavy atom. The molecule has 1 saturated heterocycles. The minimum Gasteiger partial charge on any atom is -0.339 e. The molecule has 0 bridgehead atoms. The van der Waals surface area contributed by atoms with Gasteiger partial charge in [-0.1, -0.05) is 29.8 Å². The molecule has 25 heavy (non-hydrogen) atoms. The summed E-state index contributed by atoms with van der Waals surface area (Å²) in [6, 6.07) is 8.31. The summed E-state index contributed by atoms with van der Waals surface area (Å²) in [5.41, 5.74) is 1.17. The molecule has 2 fully saturated rings. The first kappa shape index (κ1) is 22.5.